The van der Waals surface area contributed by atoms with Gasteiger partial charge in [0.05, 0.1) is 23.6 Å². The molecule has 3 fully saturated rings. The molecule has 4 aliphatic heterocycles. The van der Waals surface area contributed by atoms with Crippen molar-refractivity contribution in [3.8, 4) is 5.75 Å². The van der Waals surface area contributed by atoms with E-state index in [1.165, 1.54) is 6.07 Å². The number of nitrogens with one attached hydrogen (secondary N) is 2. The number of hydrogen-bond acceptors (Lipinski definition) is 10. The molecule has 1 aromatic heterocycles. The van der Waals surface area contributed by atoms with Crippen molar-refractivity contribution < 1.29 is 27.8 Å². The number of rotatable bonds is 10. The van der Waals surface area contributed by atoms with Crippen LogP contribution in [0.3, 0.4) is 0 Å². The molecule has 0 spiro atoms. The van der Waals surface area contributed by atoms with E-state index in [2.05, 4.69) is 43.9 Å². The summed E-state index contributed by atoms with van der Waals surface area (Å²) in [7, 11) is 2.14. The van der Waals surface area contributed by atoms with E-state index in [4.69, 9.17) is 14.5 Å². The summed E-state index contributed by atoms with van der Waals surface area (Å²) in [6.45, 7) is 11.3. The SMILES string of the molecule is C=CC(=O)Nc1cc(Nc2ncc3c(n2)N(C2CCOCC2)C(=O)N(C(C)C)C3)c(OC(F)F)cc1N1CCC(N2CCN(C)CC2)CC1. The van der Waals surface area contributed by atoms with Crippen LogP contribution in [-0.4, -0.2) is 121 Å². The predicted octanol–water partition coefficient (Wildman–Crippen LogP) is 4.49. The number of likely N-dealkylation sites (N-methyl/N-ethyl adjacent to an activating group) is 1. The molecule has 1 aromatic carbocycles. The number of urea groups is 1. The molecular weight excluding hydrogens is 636 g/mol. The molecule has 49 heavy (non-hydrogen) atoms. The lowest BCUT2D eigenvalue weighted by Crippen LogP contribution is -2.55. The first-order chi connectivity index (χ1) is 23.6. The first kappa shape index (κ1) is 34.8. The van der Waals surface area contributed by atoms with Gasteiger partial charge in [0.1, 0.15) is 5.82 Å². The zero-order valence-corrected chi connectivity index (χ0v) is 28.5. The summed E-state index contributed by atoms with van der Waals surface area (Å²) in [4.78, 5) is 46.0. The third-order valence-electron chi connectivity index (χ3n) is 9.90. The van der Waals surface area contributed by atoms with Crippen molar-refractivity contribution in [1.82, 2.24) is 24.7 Å². The fraction of sp³-hybridized carbons (Fsp3) is 0.588. The molecule has 0 radical (unpaired) electrons. The van der Waals surface area contributed by atoms with Gasteiger partial charge in [0.15, 0.2) is 5.75 Å². The summed E-state index contributed by atoms with van der Waals surface area (Å²) in [5.41, 5.74) is 1.91. The van der Waals surface area contributed by atoms with Gasteiger partial charge in [-0.15, -0.1) is 0 Å². The first-order valence-corrected chi connectivity index (χ1v) is 17.2. The number of carbonyl (C=O) groups excluding carboxylic acids is 2. The van der Waals surface area contributed by atoms with Crippen LogP contribution in [0.25, 0.3) is 0 Å². The Balaban J connectivity index is 1.30. The molecule has 13 nitrogen and oxygen atoms in total. The van der Waals surface area contributed by atoms with E-state index < -0.39 is 12.5 Å². The summed E-state index contributed by atoms with van der Waals surface area (Å²) in [5, 5.41) is 5.91. The number of piperidine rings is 1. The first-order valence-electron chi connectivity index (χ1n) is 17.2. The highest BCUT2D eigenvalue weighted by Gasteiger charge is 2.38. The van der Waals surface area contributed by atoms with Crippen molar-refractivity contribution in [2.24, 2.45) is 0 Å². The number of halogens is 2. The predicted molar refractivity (Wildman–Crippen MR) is 184 cm³/mol. The van der Waals surface area contributed by atoms with Crippen molar-refractivity contribution in [2.75, 3.05) is 80.0 Å². The van der Waals surface area contributed by atoms with Gasteiger partial charge in [0.25, 0.3) is 0 Å². The largest absolute Gasteiger partial charge is 0.433 e. The third kappa shape index (κ3) is 7.89. The molecule has 6 rings (SSSR count). The normalized spacial score (nSPS) is 20.1. The monoisotopic (exact) mass is 683 g/mol. The molecule has 3 amide bonds. The number of amides is 3. The molecule has 0 unspecified atom stereocenters. The molecule has 4 aliphatic rings. The van der Waals surface area contributed by atoms with Gasteiger partial charge in [0.2, 0.25) is 11.9 Å². The van der Waals surface area contributed by atoms with Crippen LogP contribution in [0, 0.1) is 0 Å². The van der Waals surface area contributed by atoms with Crippen molar-refractivity contribution in [2.45, 2.75) is 70.8 Å². The maximum atomic E-state index is 13.8. The van der Waals surface area contributed by atoms with E-state index in [0.717, 1.165) is 50.7 Å². The van der Waals surface area contributed by atoms with Crippen LogP contribution in [0.2, 0.25) is 0 Å². The standard InChI is InChI=1S/C34H47F2N9O4/c1-5-30(46)38-26-18-27(29(49-32(35)36)19-28(26)43-10-6-24(7-11-43)42-14-12-41(4)13-15-42)39-33-37-20-23-21-44(22(2)3)34(47)45(31(23)40-33)25-8-16-48-17-9-25/h5,18-20,22,24-25,32H,1,6-17,21H2,2-4H3,(H,38,46)(H,37,39,40). The smallest absolute Gasteiger partial charge is 0.387 e. The van der Waals surface area contributed by atoms with Crippen LogP contribution in [-0.2, 0) is 16.1 Å². The molecule has 0 aliphatic carbocycles. The fourth-order valence-corrected chi connectivity index (χ4v) is 7.12. The molecule has 2 N–H and O–H groups in total. The quantitative estimate of drug-likeness (QED) is 0.347. The second kappa shape index (κ2) is 15.2. The van der Waals surface area contributed by atoms with Crippen molar-refractivity contribution >= 4 is 40.8 Å². The zero-order chi connectivity index (χ0) is 34.7. The lowest BCUT2D eigenvalue weighted by Gasteiger charge is -2.43. The van der Waals surface area contributed by atoms with Crippen LogP contribution in [0.4, 0.5) is 42.4 Å². The van der Waals surface area contributed by atoms with Gasteiger partial charge in [-0.25, -0.2) is 9.78 Å². The second-order valence-corrected chi connectivity index (χ2v) is 13.4. The maximum Gasteiger partial charge on any atom is 0.387 e. The lowest BCUT2D eigenvalue weighted by atomic mass is 10.0. The molecule has 0 bridgehead atoms. The number of nitrogens with zero attached hydrogens (tertiary/aromatic N) is 7. The molecule has 2 aromatic rings. The summed E-state index contributed by atoms with van der Waals surface area (Å²) in [5.74, 6) is 0.0185. The summed E-state index contributed by atoms with van der Waals surface area (Å²) >= 11 is 0. The van der Waals surface area contributed by atoms with Gasteiger partial charge in [-0.05, 0) is 58.7 Å². The number of aromatic nitrogens is 2. The van der Waals surface area contributed by atoms with Gasteiger partial charge in [-0.2, -0.15) is 13.8 Å². The number of carbonyl (C=O) groups is 2. The van der Waals surface area contributed by atoms with Crippen LogP contribution in [0.1, 0.15) is 45.1 Å². The Morgan fingerprint density at radius 2 is 1.76 bits per heavy atom. The van der Waals surface area contributed by atoms with Crippen LogP contribution >= 0.6 is 0 Å². The topological polar surface area (TPSA) is 119 Å². The maximum absolute atomic E-state index is 13.8. The van der Waals surface area contributed by atoms with Crippen molar-refractivity contribution in [3.05, 3.63) is 36.5 Å². The fourth-order valence-electron chi connectivity index (χ4n) is 7.12. The zero-order valence-electron chi connectivity index (χ0n) is 28.5. The number of ether oxygens (including phenoxy) is 2. The van der Waals surface area contributed by atoms with Crippen LogP contribution in [0.5, 0.6) is 5.75 Å². The summed E-state index contributed by atoms with van der Waals surface area (Å²) in [6, 6.07) is 3.25. The van der Waals surface area contributed by atoms with E-state index in [1.807, 2.05) is 13.8 Å². The second-order valence-electron chi connectivity index (χ2n) is 13.4. The van der Waals surface area contributed by atoms with Crippen molar-refractivity contribution in [3.63, 3.8) is 0 Å². The average Bonchev–Trinajstić information content (AvgIpc) is 3.09. The van der Waals surface area contributed by atoms with E-state index in [1.54, 1.807) is 22.1 Å². The van der Waals surface area contributed by atoms with Crippen LogP contribution in [0.15, 0.2) is 31.0 Å². The summed E-state index contributed by atoms with van der Waals surface area (Å²) < 4.78 is 38.3. The highest BCUT2D eigenvalue weighted by atomic mass is 19.3. The minimum atomic E-state index is -3.10. The highest BCUT2D eigenvalue weighted by Crippen LogP contribution is 2.41. The van der Waals surface area contributed by atoms with Gasteiger partial charge >= 0.3 is 12.6 Å². The van der Waals surface area contributed by atoms with Crippen molar-refractivity contribution in [1.29, 1.82) is 0 Å². The minimum absolute atomic E-state index is 0.0323. The van der Waals surface area contributed by atoms with Crippen LogP contribution < -0.4 is 25.2 Å². The van der Waals surface area contributed by atoms with Gasteiger partial charge in [0, 0.05) is 88.4 Å². The molecule has 0 saturated carbocycles. The van der Waals surface area contributed by atoms with Gasteiger partial charge in [-0.1, -0.05) is 6.58 Å². The molecule has 266 valence electrons. The Morgan fingerprint density at radius 3 is 2.41 bits per heavy atom. The number of piperazine rings is 1. The van der Waals surface area contributed by atoms with E-state index in [9.17, 15) is 18.4 Å². The minimum Gasteiger partial charge on any atom is -0.433 e. The Morgan fingerprint density at radius 1 is 1.04 bits per heavy atom. The molecule has 5 heterocycles. The number of fused-ring (bicyclic) bond motifs is 1. The lowest BCUT2D eigenvalue weighted by molar-refractivity contribution is -0.111. The molecule has 3 saturated heterocycles. The Labute approximate surface area is 286 Å². The highest BCUT2D eigenvalue weighted by molar-refractivity contribution is 6.02. The van der Waals surface area contributed by atoms with E-state index in [0.29, 0.717) is 68.9 Å². The van der Waals surface area contributed by atoms with Gasteiger partial charge in [-0.3, -0.25) is 14.6 Å². The van der Waals surface area contributed by atoms with Gasteiger partial charge < -0.3 is 34.8 Å². The summed E-state index contributed by atoms with van der Waals surface area (Å²) in [6.07, 6.45) is 5.96. The molecular formula is C34H47F2N9O4. The Kier molecular flexibility index (Phi) is 10.8. The number of benzene rings is 1. The molecule has 15 heteroatoms. The number of alkyl halides is 2. The average molecular weight is 684 g/mol. The Hall–Kier alpha value is -4.08. The van der Waals surface area contributed by atoms with E-state index >= 15 is 0 Å². The number of hydrogen-bond donors (Lipinski definition) is 2. The Bertz CT molecular complexity index is 1510. The third-order valence-corrected chi connectivity index (χ3v) is 9.90. The molecule has 0 atom stereocenters. The number of anilines is 5. The van der Waals surface area contributed by atoms with E-state index in [-0.39, 0.29) is 35.5 Å².